The van der Waals surface area contributed by atoms with Gasteiger partial charge in [-0.05, 0) is 48.9 Å². The average molecular weight is 321 g/mol. The van der Waals surface area contributed by atoms with E-state index in [1.165, 1.54) is 12.1 Å². The summed E-state index contributed by atoms with van der Waals surface area (Å²) in [5.41, 5.74) is 7.20. The molecule has 0 fully saturated rings. The van der Waals surface area contributed by atoms with Gasteiger partial charge >= 0.3 is 0 Å². The molecule has 2 aromatic carbocycles. The Labute approximate surface area is 128 Å². The van der Waals surface area contributed by atoms with E-state index < -0.39 is 15.0 Å². The molecule has 22 heavy (non-hydrogen) atoms. The number of methoxy groups -OCH3 is 1. The predicted octanol–water partition coefficient (Wildman–Crippen LogP) is 3.25. The molecule has 0 bridgehead atoms. The highest BCUT2D eigenvalue weighted by atomic mass is 32.2. The third kappa shape index (κ3) is 3.60. The number of nitrogen functional groups attached to an aromatic ring is 1. The predicted molar refractivity (Wildman–Crippen MR) is 82.6 cm³/mol. The second-order valence-corrected chi connectivity index (χ2v) is 5.94. The summed E-state index contributed by atoms with van der Waals surface area (Å²) in [6, 6.07) is 9.26. The Kier molecular flexibility index (Phi) is 4.43. The highest BCUT2D eigenvalue weighted by Gasteiger charge is 2.14. The number of benzene rings is 2. The zero-order chi connectivity index (χ0) is 16.3. The van der Waals surface area contributed by atoms with Gasteiger partial charge in [0.05, 0.1) is 24.2 Å². The van der Waals surface area contributed by atoms with Crippen molar-refractivity contribution in [3.63, 3.8) is 0 Å². The number of ether oxygens (including phenoxy) is 1. The van der Waals surface area contributed by atoms with Crippen LogP contribution in [-0.4, -0.2) is 20.1 Å². The largest absolute Gasteiger partial charge is 0.496 e. The maximum absolute atomic E-state index is 11.2. The van der Waals surface area contributed by atoms with Crippen molar-refractivity contribution in [3.05, 3.63) is 42.0 Å². The standard InChI is InChI=1S/C14H15N3O4S/c1-9-7-10(4-6-13(9)21-2)16-17-11-3-5-12(15)14(8-11)22(18,19)20/h3-8H,15H2,1-2H3,(H,18,19,20). The topological polar surface area (TPSA) is 114 Å². The van der Waals surface area contributed by atoms with Crippen LogP contribution in [0.1, 0.15) is 5.56 Å². The number of nitrogens with two attached hydrogens (primary N) is 1. The molecule has 0 aromatic heterocycles. The Bertz CT molecular complexity index is 832. The van der Waals surface area contributed by atoms with Gasteiger partial charge in [0.1, 0.15) is 10.6 Å². The summed E-state index contributed by atoms with van der Waals surface area (Å²) < 4.78 is 36.6. The summed E-state index contributed by atoms with van der Waals surface area (Å²) in [6.07, 6.45) is 0. The minimum absolute atomic E-state index is 0.0539. The van der Waals surface area contributed by atoms with Crippen LogP contribution in [0.25, 0.3) is 0 Å². The van der Waals surface area contributed by atoms with E-state index in [0.717, 1.165) is 17.4 Å². The Hall–Kier alpha value is -2.45. The molecule has 0 aliphatic rings. The fraction of sp³-hybridized carbons (Fsp3) is 0.143. The Balaban J connectivity index is 2.33. The second-order valence-electron chi connectivity index (χ2n) is 4.55. The second kappa shape index (κ2) is 6.12. The molecule has 7 nitrogen and oxygen atoms in total. The van der Waals surface area contributed by atoms with Crippen LogP contribution in [0.15, 0.2) is 51.5 Å². The highest BCUT2D eigenvalue weighted by Crippen LogP contribution is 2.27. The van der Waals surface area contributed by atoms with Gasteiger partial charge in [-0.2, -0.15) is 18.6 Å². The number of hydrogen-bond donors (Lipinski definition) is 2. The van der Waals surface area contributed by atoms with Crippen molar-refractivity contribution in [2.24, 2.45) is 10.2 Å². The highest BCUT2D eigenvalue weighted by molar-refractivity contribution is 7.86. The molecular weight excluding hydrogens is 306 g/mol. The summed E-state index contributed by atoms with van der Waals surface area (Å²) in [6.45, 7) is 1.87. The molecule has 0 atom stereocenters. The van der Waals surface area contributed by atoms with E-state index in [2.05, 4.69) is 10.2 Å². The van der Waals surface area contributed by atoms with Gasteiger partial charge in [-0.25, -0.2) is 0 Å². The minimum atomic E-state index is -4.40. The Morgan fingerprint density at radius 3 is 2.23 bits per heavy atom. The Morgan fingerprint density at radius 2 is 1.68 bits per heavy atom. The first-order valence-corrected chi connectivity index (χ1v) is 7.68. The van der Waals surface area contributed by atoms with Gasteiger partial charge in [0, 0.05) is 0 Å². The molecular formula is C14H15N3O4S. The first-order valence-electron chi connectivity index (χ1n) is 6.24. The molecule has 0 aliphatic carbocycles. The lowest BCUT2D eigenvalue weighted by atomic mass is 10.2. The number of azo groups is 1. The number of nitrogens with zero attached hydrogens (tertiary/aromatic N) is 2. The van der Waals surface area contributed by atoms with Crippen LogP contribution in [0, 0.1) is 6.92 Å². The maximum atomic E-state index is 11.2. The van der Waals surface area contributed by atoms with Crippen LogP contribution in [0.4, 0.5) is 17.1 Å². The number of anilines is 1. The lowest BCUT2D eigenvalue weighted by molar-refractivity contribution is 0.412. The molecule has 3 N–H and O–H groups in total. The van der Waals surface area contributed by atoms with Gasteiger partial charge in [0.25, 0.3) is 10.1 Å². The van der Waals surface area contributed by atoms with Crippen LogP contribution < -0.4 is 10.5 Å². The van der Waals surface area contributed by atoms with Gasteiger partial charge < -0.3 is 10.5 Å². The normalized spacial score (nSPS) is 11.8. The molecule has 2 aromatic rings. The van der Waals surface area contributed by atoms with E-state index in [9.17, 15) is 8.42 Å². The van der Waals surface area contributed by atoms with Crippen LogP contribution >= 0.6 is 0 Å². The summed E-state index contributed by atoms with van der Waals surface area (Å²) in [5.74, 6) is 0.736. The van der Waals surface area contributed by atoms with E-state index in [1.807, 2.05) is 6.92 Å². The molecule has 0 amide bonds. The molecule has 0 aliphatic heterocycles. The van der Waals surface area contributed by atoms with Gasteiger partial charge in [0.15, 0.2) is 0 Å². The van der Waals surface area contributed by atoms with Gasteiger partial charge in [-0.15, -0.1) is 0 Å². The van der Waals surface area contributed by atoms with Gasteiger partial charge in [-0.3, -0.25) is 4.55 Å². The first-order chi connectivity index (χ1) is 10.3. The number of aryl methyl sites for hydroxylation is 1. The van der Waals surface area contributed by atoms with Crippen LogP contribution in [0.3, 0.4) is 0 Å². The van der Waals surface area contributed by atoms with E-state index in [-0.39, 0.29) is 11.4 Å². The summed E-state index contributed by atoms with van der Waals surface area (Å²) in [4.78, 5) is -0.394. The molecule has 8 heteroatoms. The molecule has 0 saturated heterocycles. The number of hydrogen-bond acceptors (Lipinski definition) is 6. The van der Waals surface area contributed by atoms with Crippen LogP contribution in [0.5, 0.6) is 5.75 Å². The third-order valence-electron chi connectivity index (χ3n) is 2.93. The van der Waals surface area contributed by atoms with Crippen molar-refractivity contribution in [1.29, 1.82) is 0 Å². The summed E-state index contributed by atoms with van der Waals surface area (Å²) >= 11 is 0. The van der Waals surface area contributed by atoms with E-state index >= 15 is 0 Å². The van der Waals surface area contributed by atoms with E-state index in [4.69, 9.17) is 15.0 Å². The molecule has 2 rings (SSSR count). The van der Waals surface area contributed by atoms with Crippen molar-refractivity contribution in [2.45, 2.75) is 11.8 Å². The smallest absolute Gasteiger partial charge is 0.296 e. The molecule has 116 valence electrons. The van der Waals surface area contributed by atoms with Crippen molar-refractivity contribution < 1.29 is 17.7 Å². The molecule has 0 heterocycles. The molecule has 0 spiro atoms. The molecule has 0 radical (unpaired) electrons. The average Bonchev–Trinajstić information content (AvgIpc) is 2.45. The Morgan fingerprint density at radius 1 is 1.09 bits per heavy atom. The van der Waals surface area contributed by atoms with Crippen LogP contribution in [0.2, 0.25) is 0 Å². The monoisotopic (exact) mass is 321 g/mol. The van der Waals surface area contributed by atoms with E-state index in [0.29, 0.717) is 5.69 Å². The van der Waals surface area contributed by atoms with Crippen molar-refractivity contribution >= 4 is 27.2 Å². The maximum Gasteiger partial charge on any atom is 0.296 e. The van der Waals surface area contributed by atoms with Crippen molar-refractivity contribution in [2.75, 3.05) is 12.8 Å². The first kappa shape index (κ1) is 15.9. The van der Waals surface area contributed by atoms with E-state index in [1.54, 1.807) is 25.3 Å². The van der Waals surface area contributed by atoms with Gasteiger partial charge in [0.2, 0.25) is 0 Å². The molecule has 0 unspecified atom stereocenters. The minimum Gasteiger partial charge on any atom is -0.496 e. The lowest BCUT2D eigenvalue weighted by Gasteiger charge is -2.04. The van der Waals surface area contributed by atoms with Crippen molar-refractivity contribution in [1.82, 2.24) is 0 Å². The quantitative estimate of drug-likeness (QED) is 0.509. The summed E-state index contributed by atoms with van der Waals surface area (Å²) in [7, 11) is -2.82. The fourth-order valence-corrected chi connectivity index (χ4v) is 2.48. The fourth-order valence-electron chi connectivity index (χ4n) is 1.85. The van der Waals surface area contributed by atoms with Gasteiger partial charge in [-0.1, -0.05) is 0 Å². The summed E-state index contributed by atoms with van der Waals surface area (Å²) in [5, 5.41) is 7.96. The van der Waals surface area contributed by atoms with Crippen molar-refractivity contribution in [3.8, 4) is 5.75 Å². The van der Waals surface area contributed by atoms with Crippen LogP contribution in [-0.2, 0) is 10.1 Å². The zero-order valence-corrected chi connectivity index (χ0v) is 12.8. The zero-order valence-electron chi connectivity index (χ0n) is 12.0. The SMILES string of the molecule is COc1ccc(N=Nc2ccc(N)c(S(=O)(=O)O)c2)cc1C. The molecule has 0 saturated carbocycles. The third-order valence-corrected chi connectivity index (χ3v) is 3.84. The number of rotatable bonds is 4. The lowest BCUT2D eigenvalue weighted by Crippen LogP contribution is -2.02.